The summed E-state index contributed by atoms with van der Waals surface area (Å²) < 4.78 is 31.5. The van der Waals surface area contributed by atoms with Gasteiger partial charge in [-0.05, 0) is 26.8 Å². The summed E-state index contributed by atoms with van der Waals surface area (Å²) in [6.07, 6.45) is 1.01. The third-order valence-electron chi connectivity index (χ3n) is 3.00. The molecule has 0 aromatic heterocycles. The molecule has 2 unspecified atom stereocenters. The lowest BCUT2D eigenvalue weighted by Gasteiger charge is -2.34. The molecule has 1 rings (SSSR count). The van der Waals surface area contributed by atoms with Gasteiger partial charge in [0.05, 0.1) is 18.5 Å². The normalized spacial score (nSPS) is 24.8. The van der Waals surface area contributed by atoms with Crippen LogP contribution in [0.1, 0.15) is 27.2 Å². The zero-order valence-corrected chi connectivity index (χ0v) is 11.8. The number of morpholine rings is 1. The van der Waals surface area contributed by atoms with Crippen molar-refractivity contribution in [1.29, 1.82) is 0 Å². The Morgan fingerprint density at radius 1 is 1.53 bits per heavy atom. The van der Waals surface area contributed by atoms with E-state index in [9.17, 15) is 8.42 Å². The Bertz CT molecular complexity index is 319. The fraction of sp³-hybridized carbons (Fsp3) is 1.00. The van der Waals surface area contributed by atoms with Crippen molar-refractivity contribution >= 4 is 10.0 Å². The van der Waals surface area contributed by atoms with Gasteiger partial charge >= 0.3 is 0 Å². The van der Waals surface area contributed by atoms with Gasteiger partial charge in [-0.2, -0.15) is 4.31 Å². The van der Waals surface area contributed by atoms with E-state index in [0.29, 0.717) is 26.3 Å². The van der Waals surface area contributed by atoms with Crippen molar-refractivity contribution in [3.05, 3.63) is 0 Å². The molecule has 1 N–H and O–H groups in total. The molecule has 0 amide bonds. The lowest BCUT2D eigenvalue weighted by molar-refractivity contribution is 0.0389. The maximum absolute atomic E-state index is 12.3. The molecule has 0 aromatic carbocycles. The second-order valence-electron chi connectivity index (χ2n) is 4.59. The second kappa shape index (κ2) is 6.68. The second-order valence-corrected chi connectivity index (χ2v) is 6.90. The first-order valence-electron chi connectivity index (χ1n) is 6.29. The fourth-order valence-corrected chi connectivity index (χ4v) is 3.59. The van der Waals surface area contributed by atoms with Crippen LogP contribution >= 0.6 is 0 Å². The van der Waals surface area contributed by atoms with E-state index in [2.05, 4.69) is 12.2 Å². The molecular weight excluding hydrogens is 240 g/mol. The number of nitrogens with one attached hydrogen (secondary N) is 1. The van der Waals surface area contributed by atoms with Crippen LogP contribution in [0.15, 0.2) is 0 Å². The summed E-state index contributed by atoms with van der Waals surface area (Å²) in [7, 11) is -3.20. The van der Waals surface area contributed by atoms with Crippen LogP contribution in [-0.2, 0) is 14.8 Å². The molecule has 0 saturated carbocycles. The largest absolute Gasteiger partial charge is 0.378 e. The van der Waals surface area contributed by atoms with Gasteiger partial charge in [-0.25, -0.2) is 8.42 Å². The van der Waals surface area contributed by atoms with E-state index in [1.807, 2.05) is 6.92 Å². The quantitative estimate of drug-likeness (QED) is 0.707. The summed E-state index contributed by atoms with van der Waals surface area (Å²) in [5.74, 6) is 0. The molecule has 1 fully saturated rings. The van der Waals surface area contributed by atoms with Crippen LogP contribution in [0.3, 0.4) is 0 Å². The first kappa shape index (κ1) is 14.9. The molecule has 1 heterocycles. The highest BCUT2D eigenvalue weighted by Gasteiger charge is 2.33. The monoisotopic (exact) mass is 264 g/mol. The van der Waals surface area contributed by atoms with E-state index < -0.39 is 10.0 Å². The summed E-state index contributed by atoms with van der Waals surface area (Å²) in [6.45, 7) is 8.56. The SMILES string of the molecule is CCCNCC(C)S(=O)(=O)N1CCOCC1C. The Hall–Kier alpha value is -0.170. The molecule has 2 atom stereocenters. The molecule has 17 heavy (non-hydrogen) atoms. The van der Waals surface area contributed by atoms with Crippen LogP contribution in [0.5, 0.6) is 0 Å². The van der Waals surface area contributed by atoms with Crippen LogP contribution in [-0.4, -0.2) is 56.9 Å². The number of hydrogen-bond acceptors (Lipinski definition) is 4. The van der Waals surface area contributed by atoms with Crippen LogP contribution in [0.2, 0.25) is 0 Å². The van der Waals surface area contributed by atoms with Crippen molar-refractivity contribution in [3.8, 4) is 0 Å². The molecule has 1 aliphatic heterocycles. The molecule has 5 nitrogen and oxygen atoms in total. The first-order chi connectivity index (χ1) is 8.00. The molecule has 0 aliphatic carbocycles. The Labute approximate surface area is 105 Å². The summed E-state index contributed by atoms with van der Waals surface area (Å²) in [6, 6.07) is -0.0534. The highest BCUT2D eigenvalue weighted by molar-refractivity contribution is 7.89. The smallest absolute Gasteiger partial charge is 0.218 e. The third-order valence-corrected chi connectivity index (χ3v) is 5.38. The minimum absolute atomic E-state index is 0.0534. The average Bonchev–Trinajstić information content (AvgIpc) is 2.29. The lowest BCUT2D eigenvalue weighted by Crippen LogP contribution is -2.51. The molecular formula is C11H24N2O3S. The van der Waals surface area contributed by atoms with E-state index in [1.165, 1.54) is 0 Å². The van der Waals surface area contributed by atoms with Crippen molar-refractivity contribution < 1.29 is 13.2 Å². The maximum atomic E-state index is 12.3. The van der Waals surface area contributed by atoms with Gasteiger partial charge in [0.25, 0.3) is 0 Å². The third kappa shape index (κ3) is 3.91. The molecule has 1 aliphatic rings. The Balaban J connectivity index is 2.59. The number of hydrogen-bond donors (Lipinski definition) is 1. The number of ether oxygens (including phenoxy) is 1. The van der Waals surface area contributed by atoms with Crippen molar-refractivity contribution in [3.63, 3.8) is 0 Å². The zero-order valence-electron chi connectivity index (χ0n) is 11.0. The minimum atomic E-state index is -3.20. The Morgan fingerprint density at radius 3 is 2.82 bits per heavy atom. The van der Waals surface area contributed by atoms with Crippen molar-refractivity contribution in [2.75, 3.05) is 32.8 Å². The van der Waals surface area contributed by atoms with E-state index in [4.69, 9.17) is 4.74 Å². The molecule has 0 aromatic rings. The minimum Gasteiger partial charge on any atom is -0.378 e. The van der Waals surface area contributed by atoms with Gasteiger partial charge in [0.2, 0.25) is 10.0 Å². The Morgan fingerprint density at radius 2 is 2.24 bits per heavy atom. The summed E-state index contributed by atoms with van der Waals surface area (Å²) in [5, 5.41) is 2.78. The first-order valence-corrected chi connectivity index (χ1v) is 7.79. The summed E-state index contributed by atoms with van der Waals surface area (Å²) in [4.78, 5) is 0. The van der Waals surface area contributed by atoms with E-state index in [-0.39, 0.29) is 11.3 Å². The maximum Gasteiger partial charge on any atom is 0.218 e. The average molecular weight is 264 g/mol. The molecule has 102 valence electrons. The van der Waals surface area contributed by atoms with Crippen molar-refractivity contribution in [1.82, 2.24) is 9.62 Å². The molecule has 0 radical (unpaired) electrons. The van der Waals surface area contributed by atoms with Gasteiger partial charge in [-0.3, -0.25) is 0 Å². The van der Waals surface area contributed by atoms with E-state index >= 15 is 0 Å². The number of rotatable bonds is 6. The van der Waals surface area contributed by atoms with Gasteiger partial charge in [0.1, 0.15) is 0 Å². The highest BCUT2D eigenvalue weighted by atomic mass is 32.2. The molecule has 1 saturated heterocycles. The van der Waals surface area contributed by atoms with Crippen LogP contribution in [0, 0.1) is 0 Å². The molecule has 0 bridgehead atoms. The van der Waals surface area contributed by atoms with Gasteiger partial charge in [-0.15, -0.1) is 0 Å². The van der Waals surface area contributed by atoms with Crippen LogP contribution < -0.4 is 5.32 Å². The fourth-order valence-electron chi connectivity index (χ4n) is 1.91. The van der Waals surface area contributed by atoms with Crippen molar-refractivity contribution in [2.45, 2.75) is 38.5 Å². The standard InChI is InChI=1S/C11H24N2O3S/c1-4-5-12-8-11(3)17(14,15)13-6-7-16-9-10(13)2/h10-12H,4-9H2,1-3H3. The summed E-state index contributed by atoms with van der Waals surface area (Å²) >= 11 is 0. The van der Waals surface area contributed by atoms with E-state index in [1.54, 1.807) is 11.2 Å². The van der Waals surface area contributed by atoms with Crippen LogP contribution in [0.25, 0.3) is 0 Å². The molecule has 6 heteroatoms. The van der Waals surface area contributed by atoms with Crippen molar-refractivity contribution in [2.24, 2.45) is 0 Å². The van der Waals surface area contributed by atoms with Gasteiger partial charge in [0, 0.05) is 19.1 Å². The predicted octanol–water partition coefficient (Wildman–Crippen LogP) is 0.425. The zero-order chi connectivity index (χ0) is 12.9. The molecule has 0 spiro atoms. The lowest BCUT2D eigenvalue weighted by atomic mass is 10.3. The summed E-state index contributed by atoms with van der Waals surface area (Å²) in [5.41, 5.74) is 0. The predicted molar refractivity (Wildman–Crippen MR) is 68.5 cm³/mol. The van der Waals surface area contributed by atoms with Crippen LogP contribution in [0.4, 0.5) is 0 Å². The van der Waals surface area contributed by atoms with Gasteiger partial charge < -0.3 is 10.1 Å². The number of sulfonamides is 1. The van der Waals surface area contributed by atoms with Gasteiger partial charge in [0.15, 0.2) is 0 Å². The highest BCUT2D eigenvalue weighted by Crippen LogP contribution is 2.16. The van der Waals surface area contributed by atoms with E-state index in [0.717, 1.165) is 13.0 Å². The number of nitrogens with zero attached hydrogens (tertiary/aromatic N) is 1. The Kier molecular flexibility index (Phi) is 5.85. The topological polar surface area (TPSA) is 58.6 Å². The van der Waals surface area contributed by atoms with Gasteiger partial charge in [-0.1, -0.05) is 6.92 Å².